The molecule has 1 aliphatic rings. The lowest BCUT2D eigenvalue weighted by Gasteiger charge is -2.21. The maximum atomic E-state index is 6.04. The van der Waals surface area contributed by atoms with Crippen molar-refractivity contribution in [1.82, 2.24) is 9.88 Å². The summed E-state index contributed by atoms with van der Waals surface area (Å²) >= 11 is 1.67. The number of thiazole rings is 1. The Bertz CT molecular complexity index is 791. The number of nitrogens with zero attached hydrogens (tertiary/aromatic N) is 2. The Morgan fingerprint density at radius 2 is 2.17 bits per heavy atom. The summed E-state index contributed by atoms with van der Waals surface area (Å²) in [6.45, 7) is 5.99. The van der Waals surface area contributed by atoms with Crippen LogP contribution in [0.2, 0.25) is 0 Å². The lowest BCUT2D eigenvalue weighted by atomic mass is 9.90. The van der Waals surface area contributed by atoms with Crippen molar-refractivity contribution in [3.63, 3.8) is 0 Å². The van der Waals surface area contributed by atoms with E-state index in [0.717, 1.165) is 54.6 Å². The molecule has 0 bridgehead atoms. The maximum absolute atomic E-state index is 6.04. The van der Waals surface area contributed by atoms with Crippen LogP contribution in [0.3, 0.4) is 0 Å². The summed E-state index contributed by atoms with van der Waals surface area (Å²) in [6, 6.07) is 12.3. The minimum Gasteiger partial charge on any atom is -0.457 e. The lowest BCUT2D eigenvalue weighted by Crippen LogP contribution is -2.31. The predicted molar refractivity (Wildman–Crippen MR) is 94.4 cm³/mol. The zero-order valence-electron chi connectivity index (χ0n) is 13.3. The van der Waals surface area contributed by atoms with E-state index in [2.05, 4.69) is 28.9 Å². The number of hydrogen-bond acceptors (Lipinski definition) is 5. The van der Waals surface area contributed by atoms with E-state index in [1.807, 2.05) is 24.3 Å². The molecule has 2 aromatic heterocycles. The summed E-state index contributed by atoms with van der Waals surface area (Å²) < 4.78 is 7.23. The van der Waals surface area contributed by atoms with E-state index >= 15 is 0 Å². The molecule has 1 aromatic carbocycles. The largest absolute Gasteiger partial charge is 0.457 e. The van der Waals surface area contributed by atoms with Crippen LogP contribution in [0.1, 0.15) is 19.1 Å². The van der Waals surface area contributed by atoms with Crippen molar-refractivity contribution in [3.8, 4) is 10.8 Å². The van der Waals surface area contributed by atoms with E-state index in [-0.39, 0.29) is 5.41 Å². The van der Waals surface area contributed by atoms with Gasteiger partial charge in [-0.1, -0.05) is 19.1 Å². The number of aromatic nitrogens is 1. The van der Waals surface area contributed by atoms with Gasteiger partial charge in [-0.05, 0) is 49.2 Å². The molecular formula is C18H21N3OS. The van der Waals surface area contributed by atoms with Gasteiger partial charge in [0.15, 0.2) is 10.8 Å². The normalized spacial score (nSPS) is 22.2. The van der Waals surface area contributed by atoms with E-state index in [0.29, 0.717) is 0 Å². The van der Waals surface area contributed by atoms with Crippen molar-refractivity contribution >= 4 is 21.6 Å². The van der Waals surface area contributed by atoms with Crippen molar-refractivity contribution in [2.75, 3.05) is 19.6 Å². The molecule has 0 amide bonds. The Labute approximate surface area is 139 Å². The Kier molecular flexibility index (Phi) is 3.71. The summed E-state index contributed by atoms with van der Waals surface area (Å²) in [6.07, 6.45) is 1.16. The Hall–Kier alpha value is -1.69. The van der Waals surface area contributed by atoms with Gasteiger partial charge < -0.3 is 10.2 Å². The molecule has 4 rings (SSSR count). The smallest absolute Gasteiger partial charge is 0.163 e. The molecule has 1 atom stereocenters. The Balaban J connectivity index is 1.51. The third-order valence-electron chi connectivity index (χ3n) is 4.68. The highest BCUT2D eigenvalue weighted by atomic mass is 32.1. The molecule has 23 heavy (non-hydrogen) atoms. The van der Waals surface area contributed by atoms with Gasteiger partial charge in [0, 0.05) is 6.54 Å². The SMILES string of the molecule is CC1(CN)CCN(Cc2ccc(-c3nc4ccccc4s3)o2)C1. The van der Waals surface area contributed by atoms with Crippen LogP contribution in [0.15, 0.2) is 40.8 Å². The number of benzene rings is 1. The van der Waals surface area contributed by atoms with Gasteiger partial charge in [0.05, 0.1) is 16.8 Å². The van der Waals surface area contributed by atoms with Crippen LogP contribution >= 0.6 is 11.3 Å². The van der Waals surface area contributed by atoms with Crippen molar-refractivity contribution in [2.45, 2.75) is 19.9 Å². The van der Waals surface area contributed by atoms with Crippen LogP contribution < -0.4 is 5.73 Å². The van der Waals surface area contributed by atoms with Crippen molar-refractivity contribution in [3.05, 3.63) is 42.2 Å². The van der Waals surface area contributed by atoms with Crippen molar-refractivity contribution in [1.29, 1.82) is 0 Å². The quantitative estimate of drug-likeness (QED) is 0.793. The van der Waals surface area contributed by atoms with Crippen molar-refractivity contribution < 1.29 is 4.42 Å². The molecule has 0 spiro atoms. The lowest BCUT2D eigenvalue weighted by molar-refractivity contribution is 0.257. The number of likely N-dealkylation sites (tertiary alicyclic amines) is 1. The van der Waals surface area contributed by atoms with Crippen LogP contribution in [0.25, 0.3) is 21.0 Å². The zero-order valence-corrected chi connectivity index (χ0v) is 14.1. The number of rotatable bonds is 4. The molecule has 3 heterocycles. The van der Waals surface area contributed by atoms with E-state index < -0.39 is 0 Å². The maximum Gasteiger partial charge on any atom is 0.163 e. The molecule has 1 saturated heterocycles. The number of para-hydroxylation sites is 1. The van der Waals surface area contributed by atoms with Gasteiger partial charge in [0.25, 0.3) is 0 Å². The van der Waals surface area contributed by atoms with E-state index in [9.17, 15) is 0 Å². The van der Waals surface area contributed by atoms with Crippen LogP contribution in [-0.2, 0) is 6.54 Å². The number of fused-ring (bicyclic) bond motifs is 1. The fraction of sp³-hybridized carbons (Fsp3) is 0.389. The highest BCUT2D eigenvalue weighted by molar-refractivity contribution is 7.21. The molecule has 3 aromatic rings. The third kappa shape index (κ3) is 2.92. The number of nitrogens with two attached hydrogens (primary N) is 1. The molecule has 0 saturated carbocycles. The molecule has 120 valence electrons. The van der Waals surface area contributed by atoms with Gasteiger partial charge in [-0.15, -0.1) is 11.3 Å². The molecule has 5 heteroatoms. The molecule has 2 N–H and O–H groups in total. The third-order valence-corrected chi connectivity index (χ3v) is 5.73. The summed E-state index contributed by atoms with van der Waals surface area (Å²) in [5.74, 6) is 1.86. The van der Waals surface area contributed by atoms with Gasteiger partial charge in [-0.3, -0.25) is 4.90 Å². The number of furan rings is 1. The second-order valence-corrected chi connectivity index (χ2v) is 7.76. The zero-order chi connectivity index (χ0) is 15.9. The molecular weight excluding hydrogens is 306 g/mol. The van der Waals surface area contributed by atoms with Gasteiger partial charge in [0.2, 0.25) is 0 Å². The first-order valence-corrected chi connectivity index (χ1v) is 8.84. The minimum atomic E-state index is 0.252. The minimum absolute atomic E-state index is 0.252. The molecule has 4 nitrogen and oxygen atoms in total. The average Bonchev–Trinajstić information content (AvgIpc) is 3.26. The van der Waals surface area contributed by atoms with Crippen LogP contribution in [0, 0.1) is 5.41 Å². The first-order chi connectivity index (χ1) is 11.1. The van der Waals surface area contributed by atoms with Crippen LogP contribution in [0.4, 0.5) is 0 Å². The van der Waals surface area contributed by atoms with Crippen LogP contribution in [0.5, 0.6) is 0 Å². The standard InChI is InChI=1S/C18H21N3OS/c1-18(11-19)8-9-21(12-18)10-13-6-7-15(22-13)17-20-14-4-2-3-5-16(14)23-17/h2-7H,8-12,19H2,1H3. The highest BCUT2D eigenvalue weighted by Gasteiger charge is 2.32. The van der Waals surface area contributed by atoms with E-state index in [1.54, 1.807) is 11.3 Å². The summed E-state index contributed by atoms with van der Waals surface area (Å²) in [5, 5.41) is 0.950. The molecule has 1 fully saturated rings. The summed E-state index contributed by atoms with van der Waals surface area (Å²) in [5.41, 5.74) is 7.17. The van der Waals surface area contributed by atoms with Gasteiger partial charge in [-0.2, -0.15) is 0 Å². The average molecular weight is 327 g/mol. The molecule has 1 unspecified atom stereocenters. The van der Waals surface area contributed by atoms with Crippen LogP contribution in [-0.4, -0.2) is 29.5 Å². The summed E-state index contributed by atoms with van der Waals surface area (Å²) in [7, 11) is 0. The van der Waals surface area contributed by atoms with E-state index in [1.165, 1.54) is 4.70 Å². The fourth-order valence-corrected chi connectivity index (χ4v) is 4.13. The van der Waals surface area contributed by atoms with Gasteiger partial charge in [-0.25, -0.2) is 4.98 Å². The topological polar surface area (TPSA) is 55.3 Å². The molecule has 1 aliphatic heterocycles. The Morgan fingerprint density at radius 1 is 1.30 bits per heavy atom. The van der Waals surface area contributed by atoms with Crippen molar-refractivity contribution in [2.24, 2.45) is 11.1 Å². The first-order valence-electron chi connectivity index (χ1n) is 8.02. The molecule has 0 aliphatic carbocycles. The predicted octanol–water partition coefficient (Wildman–Crippen LogP) is 3.73. The Morgan fingerprint density at radius 3 is 2.96 bits per heavy atom. The van der Waals surface area contributed by atoms with Gasteiger partial charge in [0.1, 0.15) is 5.76 Å². The van der Waals surface area contributed by atoms with E-state index in [4.69, 9.17) is 10.2 Å². The summed E-state index contributed by atoms with van der Waals surface area (Å²) in [4.78, 5) is 7.08. The molecule has 0 radical (unpaired) electrons. The highest BCUT2D eigenvalue weighted by Crippen LogP contribution is 2.33. The monoisotopic (exact) mass is 327 g/mol. The second-order valence-electron chi connectivity index (χ2n) is 6.73. The first kappa shape index (κ1) is 14.9. The number of hydrogen-bond donors (Lipinski definition) is 1. The fourth-order valence-electron chi connectivity index (χ4n) is 3.20. The van der Waals surface area contributed by atoms with Gasteiger partial charge >= 0.3 is 0 Å². The second kappa shape index (κ2) is 5.74.